The highest BCUT2D eigenvalue weighted by Crippen LogP contribution is 2.22. The van der Waals surface area contributed by atoms with E-state index in [1.165, 1.54) is 6.08 Å². The quantitative estimate of drug-likeness (QED) is 0.459. The first kappa shape index (κ1) is 14.4. The molecule has 0 saturated carbocycles. The molecule has 4 heteroatoms. The van der Waals surface area contributed by atoms with Crippen molar-refractivity contribution in [2.45, 2.75) is 12.8 Å². The molecule has 1 aromatic carbocycles. The van der Waals surface area contributed by atoms with Crippen molar-refractivity contribution in [1.29, 1.82) is 10.5 Å². The molecular weight excluding hydrogens is 288 g/mol. The summed E-state index contributed by atoms with van der Waals surface area (Å²) in [5.41, 5.74) is 1.65. The minimum Gasteiger partial charge on any atom is -0.422 e. The van der Waals surface area contributed by atoms with Crippen LogP contribution in [0.3, 0.4) is 0 Å². The largest absolute Gasteiger partial charge is 0.422 e. The SMILES string of the molecule is N#CC(C#N)=Cc1cc2cc3c(cc2oc1=O)C#CCC/C=C\3. The summed E-state index contributed by atoms with van der Waals surface area (Å²) >= 11 is 0. The molecule has 2 aromatic rings. The van der Waals surface area contributed by atoms with E-state index in [2.05, 4.69) is 17.9 Å². The Morgan fingerprint density at radius 3 is 2.87 bits per heavy atom. The van der Waals surface area contributed by atoms with Crippen LogP contribution in [-0.2, 0) is 0 Å². The Morgan fingerprint density at radius 1 is 1.26 bits per heavy atom. The summed E-state index contributed by atoms with van der Waals surface area (Å²) in [6, 6.07) is 8.72. The first-order valence-electron chi connectivity index (χ1n) is 7.00. The Kier molecular flexibility index (Phi) is 3.79. The van der Waals surface area contributed by atoms with Gasteiger partial charge in [0.05, 0.1) is 5.56 Å². The second kappa shape index (κ2) is 6.06. The summed E-state index contributed by atoms with van der Waals surface area (Å²) in [4.78, 5) is 12.0. The van der Waals surface area contributed by atoms with Crippen molar-refractivity contribution in [2.75, 3.05) is 0 Å². The molecule has 0 bridgehead atoms. The second-order valence-electron chi connectivity index (χ2n) is 4.99. The molecule has 4 nitrogen and oxygen atoms in total. The zero-order chi connectivity index (χ0) is 16.2. The molecule has 0 unspecified atom stereocenters. The van der Waals surface area contributed by atoms with Gasteiger partial charge in [-0.15, -0.1) is 0 Å². The zero-order valence-electron chi connectivity index (χ0n) is 12.1. The highest BCUT2D eigenvalue weighted by molar-refractivity contribution is 5.84. The fraction of sp³-hybridized carbons (Fsp3) is 0.105. The van der Waals surface area contributed by atoms with Gasteiger partial charge in [-0.25, -0.2) is 4.79 Å². The number of hydrogen-bond acceptors (Lipinski definition) is 4. The summed E-state index contributed by atoms with van der Waals surface area (Å²) in [6.07, 6.45) is 6.99. The number of benzene rings is 1. The third-order valence-corrected chi connectivity index (χ3v) is 3.43. The first-order valence-corrected chi connectivity index (χ1v) is 7.00. The smallest absolute Gasteiger partial charge is 0.343 e. The van der Waals surface area contributed by atoms with E-state index in [1.807, 2.05) is 12.1 Å². The van der Waals surface area contributed by atoms with E-state index < -0.39 is 5.63 Å². The van der Waals surface area contributed by atoms with Gasteiger partial charge in [-0.1, -0.05) is 24.0 Å². The minimum atomic E-state index is -0.588. The van der Waals surface area contributed by atoms with Crippen LogP contribution in [0.5, 0.6) is 0 Å². The molecule has 108 valence electrons. The molecule has 0 N–H and O–H groups in total. The molecule has 0 fully saturated rings. The number of nitrogens with zero attached hydrogens (tertiary/aromatic N) is 2. The van der Waals surface area contributed by atoms with Crippen LogP contribution < -0.4 is 5.63 Å². The van der Waals surface area contributed by atoms with Crippen molar-refractivity contribution in [3.8, 4) is 24.0 Å². The van der Waals surface area contributed by atoms with Gasteiger partial charge < -0.3 is 4.42 Å². The van der Waals surface area contributed by atoms with Gasteiger partial charge in [0, 0.05) is 17.4 Å². The third-order valence-electron chi connectivity index (χ3n) is 3.43. The van der Waals surface area contributed by atoms with Gasteiger partial charge in [-0.2, -0.15) is 10.5 Å². The summed E-state index contributed by atoms with van der Waals surface area (Å²) in [7, 11) is 0. The minimum absolute atomic E-state index is 0.145. The summed E-state index contributed by atoms with van der Waals surface area (Å²) in [6.45, 7) is 0. The fourth-order valence-corrected chi connectivity index (χ4v) is 2.32. The molecule has 1 heterocycles. The van der Waals surface area contributed by atoms with Crippen molar-refractivity contribution in [1.82, 2.24) is 0 Å². The maximum Gasteiger partial charge on any atom is 0.343 e. The van der Waals surface area contributed by atoms with E-state index in [9.17, 15) is 4.79 Å². The van der Waals surface area contributed by atoms with Gasteiger partial charge in [0.2, 0.25) is 0 Å². The zero-order valence-corrected chi connectivity index (χ0v) is 12.1. The lowest BCUT2D eigenvalue weighted by Crippen LogP contribution is -2.03. The predicted molar refractivity (Wildman–Crippen MR) is 86.8 cm³/mol. The molecule has 23 heavy (non-hydrogen) atoms. The molecule has 0 amide bonds. The van der Waals surface area contributed by atoms with Crippen molar-refractivity contribution in [3.05, 3.63) is 57.0 Å². The average molecular weight is 298 g/mol. The van der Waals surface area contributed by atoms with Crippen molar-refractivity contribution < 1.29 is 4.42 Å². The Labute approximate surface area is 132 Å². The maximum atomic E-state index is 12.0. The second-order valence-corrected chi connectivity index (χ2v) is 4.99. The lowest BCUT2D eigenvalue weighted by Gasteiger charge is -2.05. The van der Waals surface area contributed by atoms with Crippen LogP contribution in [0.2, 0.25) is 0 Å². The number of hydrogen-bond donors (Lipinski definition) is 0. The third kappa shape index (κ3) is 2.91. The molecule has 0 aliphatic heterocycles. The van der Waals surface area contributed by atoms with Crippen molar-refractivity contribution >= 4 is 23.1 Å². The van der Waals surface area contributed by atoms with E-state index in [4.69, 9.17) is 14.9 Å². The van der Waals surface area contributed by atoms with Gasteiger partial charge >= 0.3 is 5.63 Å². The van der Waals surface area contributed by atoms with Crippen LogP contribution in [0.25, 0.3) is 23.1 Å². The maximum absolute atomic E-state index is 12.0. The monoisotopic (exact) mass is 298 g/mol. The van der Waals surface area contributed by atoms with E-state index in [-0.39, 0.29) is 11.1 Å². The van der Waals surface area contributed by atoms with Crippen LogP contribution >= 0.6 is 0 Å². The van der Waals surface area contributed by atoms with Crippen LogP contribution in [0, 0.1) is 34.5 Å². The van der Waals surface area contributed by atoms with Crippen LogP contribution in [0.1, 0.15) is 29.5 Å². The topological polar surface area (TPSA) is 77.8 Å². The molecule has 3 rings (SSSR count). The Morgan fingerprint density at radius 2 is 2.09 bits per heavy atom. The Hall–Kier alpha value is -3.55. The Balaban J connectivity index is 2.24. The summed E-state index contributed by atoms with van der Waals surface area (Å²) < 4.78 is 5.31. The van der Waals surface area contributed by atoms with Crippen LogP contribution in [0.15, 0.2) is 39.1 Å². The van der Waals surface area contributed by atoms with E-state index in [0.717, 1.165) is 29.4 Å². The van der Waals surface area contributed by atoms with E-state index in [1.54, 1.807) is 24.3 Å². The molecule has 1 aromatic heterocycles. The average Bonchev–Trinajstić information content (AvgIpc) is 2.53. The molecule has 0 atom stereocenters. The fourth-order valence-electron chi connectivity index (χ4n) is 2.32. The van der Waals surface area contributed by atoms with Crippen LogP contribution in [0.4, 0.5) is 0 Å². The molecular formula is C19H10N2O2. The molecule has 1 aliphatic carbocycles. The van der Waals surface area contributed by atoms with E-state index >= 15 is 0 Å². The van der Waals surface area contributed by atoms with Crippen molar-refractivity contribution in [3.63, 3.8) is 0 Å². The number of nitriles is 2. The number of rotatable bonds is 1. The highest BCUT2D eigenvalue weighted by Gasteiger charge is 2.08. The lowest BCUT2D eigenvalue weighted by molar-refractivity contribution is 0.559. The molecule has 0 saturated heterocycles. The molecule has 1 aliphatic rings. The standard InChI is InChI=1S/C19H10N2O2/c20-11-13(12-21)7-17-9-16-8-14-5-3-1-2-4-6-15(14)10-18(16)23-19(17)22/h3,5,7-10H,1-2H2/b5-3-. The van der Waals surface area contributed by atoms with Gasteiger partial charge in [-0.05, 0) is 36.3 Å². The van der Waals surface area contributed by atoms with E-state index in [0.29, 0.717) is 5.58 Å². The van der Waals surface area contributed by atoms with Gasteiger partial charge in [0.25, 0.3) is 0 Å². The summed E-state index contributed by atoms with van der Waals surface area (Å²) in [5.74, 6) is 6.15. The molecule has 0 radical (unpaired) electrons. The predicted octanol–water partition coefficient (Wildman–Crippen LogP) is 3.38. The number of allylic oxidation sites excluding steroid dienone is 2. The van der Waals surface area contributed by atoms with Gasteiger partial charge in [0.15, 0.2) is 0 Å². The van der Waals surface area contributed by atoms with Crippen molar-refractivity contribution in [2.24, 2.45) is 0 Å². The van der Waals surface area contributed by atoms with Gasteiger partial charge in [-0.3, -0.25) is 0 Å². The van der Waals surface area contributed by atoms with Crippen LogP contribution in [-0.4, -0.2) is 0 Å². The normalized spacial score (nSPS) is 13.3. The summed E-state index contributed by atoms with van der Waals surface area (Å²) in [5, 5.41) is 18.3. The molecule has 0 spiro atoms. The highest BCUT2D eigenvalue weighted by atomic mass is 16.4. The Bertz CT molecular complexity index is 1050. The number of fused-ring (bicyclic) bond motifs is 2. The lowest BCUT2D eigenvalue weighted by atomic mass is 10.0. The van der Waals surface area contributed by atoms with Gasteiger partial charge in [0.1, 0.15) is 23.3 Å². The first-order chi connectivity index (χ1) is 11.2.